The predicted molar refractivity (Wildman–Crippen MR) is 44.2 cm³/mol. The number of amides is 1. The van der Waals surface area contributed by atoms with E-state index in [0.717, 1.165) is 12.1 Å². The minimum Gasteiger partial charge on any atom is -0.392 e. The maximum Gasteiger partial charge on any atom is 0.413 e. The summed E-state index contributed by atoms with van der Waals surface area (Å²) in [4.78, 5) is 11.3. The van der Waals surface area contributed by atoms with Gasteiger partial charge in [-0.15, -0.1) is 4.57 Å². The molecule has 13 heavy (non-hydrogen) atoms. The molecule has 0 radical (unpaired) electrons. The minimum atomic E-state index is -0.0852. The second-order valence-electron chi connectivity index (χ2n) is 3.05. The molecular weight excluding hydrogens is 170 g/mol. The van der Waals surface area contributed by atoms with Crippen molar-refractivity contribution < 1.29 is 14.5 Å². The van der Waals surface area contributed by atoms with Crippen molar-refractivity contribution in [2.45, 2.75) is 13.0 Å². The van der Waals surface area contributed by atoms with Crippen LogP contribution in [-0.2, 0) is 13.0 Å². The van der Waals surface area contributed by atoms with Gasteiger partial charge >= 0.3 is 6.03 Å². The molecule has 5 heteroatoms. The van der Waals surface area contributed by atoms with Crippen LogP contribution in [0.2, 0.25) is 0 Å². The molecule has 1 aromatic heterocycles. The maximum atomic E-state index is 11.3. The van der Waals surface area contributed by atoms with Gasteiger partial charge in [0.25, 0.3) is 6.33 Å². The van der Waals surface area contributed by atoms with Crippen molar-refractivity contribution in [3.05, 3.63) is 18.2 Å². The molecule has 1 aliphatic rings. The Labute approximate surface area is 75.6 Å². The molecule has 2 heterocycles. The van der Waals surface area contributed by atoms with E-state index < -0.39 is 0 Å². The lowest BCUT2D eigenvalue weighted by Crippen LogP contribution is -2.37. The molecule has 0 fully saturated rings. The van der Waals surface area contributed by atoms with Gasteiger partial charge in [-0.25, -0.2) is 9.36 Å². The molecule has 70 valence electrons. The fourth-order valence-corrected chi connectivity index (χ4v) is 1.50. The molecule has 5 nitrogen and oxygen atoms in total. The molecule has 0 saturated heterocycles. The van der Waals surface area contributed by atoms with Gasteiger partial charge in [0.05, 0.1) is 6.61 Å². The Morgan fingerprint density at radius 3 is 3.23 bits per heavy atom. The second kappa shape index (κ2) is 3.18. The second-order valence-corrected chi connectivity index (χ2v) is 3.05. The number of nitrogens with one attached hydrogen (secondary N) is 1. The van der Waals surface area contributed by atoms with E-state index >= 15 is 0 Å². The van der Waals surface area contributed by atoms with Crippen molar-refractivity contribution in [3.8, 4) is 0 Å². The molecule has 0 unspecified atom stereocenters. The first-order chi connectivity index (χ1) is 6.31. The number of aliphatic hydroxyl groups excluding tert-OH is 1. The summed E-state index contributed by atoms with van der Waals surface area (Å²) in [7, 11) is 0. The lowest BCUT2D eigenvalue weighted by Gasteiger charge is -2.07. The van der Waals surface area contributed by atoms with E-state index in [9.17, 15) is 4.79 Å². The molecule has 0 bridgehead atoms. The van der Waals surface area contributed by atoms with E-state index in [-0.39, 0.29) is 12.6 Å². The molecule has 1 aliphatic heterocycles. The average Bonchev–Trinajstić information content (AvgIpc) is 2.49. The molecule has 2 rings (SSSR count). The fraction of sp³-hybridized carbons (Fsp3) is 0.500. The smallest absolute Gasteiger partial charge is 0.392 e. The Bertz CT molecular complexity index is 332. The number of hydrogen-bond donors (Lipinski definition) is 2. The summed E-state index contributed by atoms with van der Waals surface area (Å²) in [6.45, 7) is 1.32. The Balaban J connectivity index is 2.31. The summed E-state index contributed by atoms with van der Waals surface area (Å²) in [6.07, 6.45) is 4.46. The third kappa shape index (κ3) is 1.42. The molecule has 0 saturated carbocycles. The summed E-state index contributed by atoms with van der Waals surface area (Å²) in [5, 5.41) is 11.5. The molecule has 2 N–H and O–H groups in total. The molecule has 0 aromatic carbocycles. The Kier molecular flexibility index (Phi) is 2.02. The summed E-state index contributed by atoms with van der Waals surface area (Å²) in [5.74, 6) is 0. The van der Waals surface area contributed by atoms with Crippen molar-refractivity contribution >= 4 is 6.03 Å². The highest BCUT2D eigenvalue weighted by Crippen LogP contribution is 2.02. The van der Waals surface area contributed by atoms with Crippen LogP contribution in [-0.4, -0.2) is 28.9 Å². The zero-order valence-electron chi connectivity index (χ0n) is 7.23. The van der Waals surface area contributed by atoms with Crippen molar-refractivity contribution in [2.75, 3.05) is 13.2 Å². The van der Waals surface area contributed by atoms with E-state index in [1.807, 2.05) is 10.8 Å². The lowest BCUT2D eigenvalue weighted by molar-refractivity contribution is -0.697. The largest absolute Gasteiger partial charge is 0.413 e. The van der Waals surface area contributed by atoms with Crippen LogP contribution in [0.25, 0.3) is 0 Å². The van der Waals surface area contributed by atoms with Gasteiger partial charge in [0.15, 0.2) is 5.69 Å². The number of imidazole rings is 1. The van der Waals surface area contributed by atoms with Crippen molar-refractivity contribution in [3.63, 3.8) is 0 Å². The zero-order chi connectivity index (χ0) is 9.26. The van der Waals surface area contributed by atoms with Crippen LogP contribution in [0, 0.1) is 0 Å². The van der Waals surface area contributed by atoms with E-state index in [2.05, 4.69) is 5.32 Å². The number of nitrogens with zero attached hydrogens (tertiary/aromatic N) is 2. The summed E-state index contributed by atoms with van der Waals surface area (Å²) in [6, 6.07) is -0.0852. The van der Waals surface area contributed by atoms with Crippen LogP contribution >= 0.6 is 0 Å². The van der Waals surface area contributed by atoms with Gasteiger partial charge in [-0.3, -0.25) is 0 Å². The fourth-order valence-electron chi connectivity index (χ4n) is 1.50. The summed E-state index contributed by atoms with van der Waals surface area (Å²) >= 11 is 0. The van der Waals surface area contributed by atoms with Crippen LogP contribution in [0.1, 0.15) is 5.69 Å². The van der Waals surface area contributed by atoms with Gasteiger partial charge in [0, 0.05) is 13.0 Å². The topological polar surface area (TPSA) is 58.1 Å². The zero-order valence-corrected chi connectivity index (χ0v) is 7.23. The number of hydrogen-bond acceptors (Lipinski definition) is 2. The van der Waals surface area contributed by atoms with Crippen molar-refractivity contribution in [1.29, 1.82) is 0 Å². The number of aliphatic hydroxyl groups is 1. The summed E-state index contributed by atoms with van der Waals surface area (Å²) in [5.41, 5.74) is 0.997. The lowest BCUT2D eigenvalue weighted by atomic mass is 10.3. The van der Waals surface area contributed by atoms with E-state index in [4.69, 9.17) is 5.11 Å². The number of carbonyl (C=O) groups is 1. The molecule has 0 atom stereocenters. The molecule has 0 spiro atoms. The number of aromatic nitrogens is 2. The third-order valence-corrected chi connectivity index (χ3v) is 2.12. The number of carbonyl (C=O) groups excluding carboxylic acids is 1. The van der Waals surface area contributed by atoms with E-state index in [0.29, 0.717) is 13.1 Å². The molecule has 1 amide bonds. The Morgan fingerprint density at radius 2 is 2.54 bits per heavy atom. The first kappa shape index (κ1) is 8.25. The maximum absolute atomic E-state index is 11.3. The summed E-state index contributed by atoms with van der Waals surface area (Å²) < 4.78 is 3.40. The van der Waals surface area contributed by atoms with Gasteiger partial charge in [0.1, 0.15) is 12.7 Å². The third-order valence-electron chi connectivity index (χ3n) is 2.12. The SMILES string of the molecule is O=C1NCCc2c[n+](CCO)cn21. The highest BCUT2D eigenvalue weighted by Gasteiger charge is 2.23. The highest BCUT2D eigenvalue weighted by atomic mass is 16.3. The van der Waals surface area contributed by atoms with Crippen molar-refractivity contribution in [1.82, 2.24) is 9.88 Å². The first-order valence-corrected chi connectivity index (χ1v) is 4.30. The number of fused-ring (bicyclic) bond motifs is 1. The van der Waals surface area contributed by atoms with E-state index in [1.165, 1.54) is 0 Å². The predicted octanol–water partition coefficient (Wildman–Crippen LogP) is -1.12. The Morgan fingerprint density at radius 1 is 1.69 bits per heavy atom. The van der Waals surface area contributed by atoms with Gasteiger partial charge in [-0.2, -0.15) is 0 Å². The van der Waals surface area contributed by atoms with Gasteiger partial charge < -0.3 is 10.4 Å². The molecule has 1 aromatic rings. The van der Waals surface area contributed by atoms with Gasteiger partial charge in [-0.1, -0.05) is 0 Å². The monoisotopic (exact) mass is 182 g/mol. The van der Waals surface area contributed by atoms with Crippen LogP contribution in [0.4, 0.5) is 4.79 Å². The molecule has 0 aliphatic carbocycles. The van der Waals surface area contributed by atoms with E-state index in [1.54, 1.807) is 10.9 Å². The van der Waals surface area contributed by atoms with Crippen LogP contribution < -0.4 is 9.88 Å². The average molecular weight is 182 g/mol. The van der Waals surface area contributed by atoms with Crippen LogP contribution in [0.15, 0.2) is 12.5 Å². The van der Waals surface area contributed by atoms with Crippen LogP contribution in [0.3, 0.4) is 0 Å². The first-order valence-electron chi connectivity index (χ1n) is 4.30. The number of rotatable bonds is 2. The highest BCUT2D eigenvalue weighted by molar-refractivity contribution is 5.77. The van der Waals surface area contributed by atoms with Crippen LogP contribution in [0.5, 0.6) is 0 Å². The van der Waals surface area contributed by atoms with Gasteiger partial charge in [0.2, 0.25) is 0 Å². The van der Waals surface area contributed by atoms with Gasteiger partial charge in [-0.05, 0) is 0 Å². The standard InChI is InChI=1S/C8H11N3O2/c12-4-3-10-5-7-1-2-9-8(13)11(7)6-10/h5-6,12H,1-4H2/p+1. The normalized spacial score (nSPS) is 15.3. The molecular formula is C8H12N3O2+. The quantitative estimate of drug-likeness (QED) is 0.569. The minimum absolute atomic E-state index is 0.0852. The van der Waals surface area contributed by atoms with Crippen molar-refractivity contribution in [2.24, 2.45) is 0 Å². The Hall–Kier alpha value is -1.36.